The van der Waals surface area contributed by atoms with Crippen LogP contribution in [0.15, 0.2) is 6.20 Å². The molecular weight excluding hydrogens is 277 g/mol. The maximum absolute atomic E-state index is 11.4. The first kappa shape index (κ1) is 15.2. The Morgan fingerprint density at radius 2 is 2.17 bits per heavy atom. The number of hydrogen-bond acceptors (Lipinski definition) is 4. The molecule has 3 rings (SSSR count). The van der Waals surface area contributed by atoms with Crippen molar-refractivity contribution in [3.63, 3.8) is 0 Å². The number of hydrogen-bond donors (Lipinski definition) is 1. The highest BCUT2D eigenvalue weighted by atomic mass is 35.5. The first-order chi connectivity index (χ1) is 7.83. The van der Waals surface area contributed by atoms with Crippen LogP contribution >= 0.6 is 24.8 Å². The van der Waals surface area contributed by atoms with Crippen molar-refractivity contribution in [3.8, 4) is 0 Å². The van der Waals surface area contributed by atoms with Crippen LogP contribution in [-0.4, -0.2) is 45.4 Å². The molecule has 8 heteroatoms. The Hall–Kier alpha value is -0.850. The Morgan fingerprint density at radius 1 is 1.39 bits per heavy atom. The molecule has 0 saturated carbocycles. The van der Waals surface area contributed by atoms with Crippen LogP contribution in [0.5, 0.6) is 0 Å². The van der Waals surface area contributed by atoms with Gasteiger partial charge in [-0.2, -0.15) is 0 Å². The molecule has 1 N–H and O–H groups in total. The number of amides is 1. The summed E-state index contributed by atoms with van der Waals surface area (Å²) in [6.45, 7) is 3.40. The van der Waals surface area contributed by atoms with E-state index in [0.717, 1.165) is 31.7 Å². The first-order valence-electron chi connectivity index (χ1n) is 5.72. The van der Waals surface area contributed by atoms with Gasteiger partial charge in [-0.1, -0.05) is 5.21 Å². The molecule has 18 heavy (non-hydrogen) atoms. The summed E-state index contributed by atoms with van der Waals surface area (Å²) >= 11 is 0. The number of aromatic nitrogens is 3. The molecule has 0 atom stereocenters. The third-order valence-corrected chi connectivity index (χ3v) is 3.22. The van der Waals surface area contributed by atoms with E-state index in [1.165, 1.54) is 0 Å². The number of nitrogens with one attached hydrogen (secondary N) is 1. The highest BCUT2D eigenvalue weighted by molar-refractivity contribution is 5.85. The van der Waals surface area contributed by atoms with Gasteiger partial charge < -0.3 is 10.2 Å². The summed E-state index contributed by atoms with van der Waals surface area (Å²) in [5.74, 6) is 0.236. The molecule has 2 saturated heterocycles. The molecular formula is C10H17Cl2N5O. The standard InChI is InChI=1S/C10H15N5O.2ClH/c16-10-2-1-3-14(10)6-8-7-15(13-12-8)9-4-11-5-9;;/h7,9,11H,1-6H2;2*1H. The van der Waals surface area contributed by atoms with Crippen LogP contribution in [0.3, 0.4) is 0 Å². The fourth-order valence-corrected chi connectivity index (χ4v) is 2.09. The molecule has 3 heterocycles. The van der Waals surface area contributed by atoms with E-state index in [9.17, 15) is 4.79 Å². The molecule has 0 radical (unpaired) electrons. The second kappa shape index (κ2) is 6.36. The number of rotatable bonds is 3. The molecule has 1 aromatic rings. The van der Waals surface area contributed by atoms with Crippen LogP contribution in [0.25, 0.3) is 0 Å². The van der Waals surface area contributed by atoms with Crippen molar-refractivity contribution >= 4 is 30.7 Å². The monoisotopic (exact) mass is 293 g/mol. The van der Waals surface area contributed by atoms with E-state index in [2.05, 4.69) is 15.6 Å². The lowest BCUT2D eigenvalue weighted by molar-refractivity contribution is -0.128. The first-order valence-corrected chi connectivity index (χ1v) is 5.72. The Morgan fingerprint density at radius 3 is 2.72 bits per heavy atom. The Labute approximate surface area is 118 Å². The highest BCUT2D eigenvalue weighted by Crippen LogP contribution is 2.14. The van der Waals surface area contributed by atoms with E-state index in [0.29, 0.717) is 19.0 Å². The molecule has 2 fully saturated rings. The van der Waals surface area contributed by atoms with Crippen molar-refractivity contribution in [2.45, 2.75) is 25.4 Å². The number of carbonyl (C=O) groups is 1. The maximum Gasteiger partial charge on any atom is 0.222 e. The van der Waals surface area contributed by atoms with Crippen LogP contribution in [0, 0.1) is 0 Å². The van der Waals surface area contributed by atoms with Gasteiger partial charge in [-0.15, -0.1) is 29.9 Å². The third-order valence-electron chi connectivity index (χ3n) is 3.22. The van der Waals surface area contributed by atoms with Crippen molar-refractivity contribution in [2.75, 3.05) is 19.6 Å². The number of carbonyl (C=O) groups excluding carboxylic acids is 1. The molecule has 0 aliphatic carbocycles. The fourth-order valence-electron chi connectivity index (χ4n) is 2.09. The van der Waals surface area contributed by atoms with E-state index in [1.807, 2.05) is 15.8 Å². The quantitative estimate of drug-likeness (QED) is 0.876. The Balaban J connectivity index is 0.000000810. The summed E-state index contributed by atoms with van der Waals surface area (Å²) in [6.07, 6.45) is 3.61. The molecule has 1 aromatic heterocycles. The summed E-state index contributed by atoms with van der Waals surface area (Å²) in [7, 11) is 0. The number of halogens is 2. The van der Waals surface area contributed by atoms with Gasteiger partial charge in [0, 0.05) is 26.1 Å². The second-order valence-corrected chi connectivity index (χ2v) is 4.42. The van der Waals surface area contributed by atoms with Crippen molar-refractivity contribution in [1.29, 1.82) is 0 Å². The topological polar surface area (TPSA) is 63.1 Å². The summed E-state index contributed by atoms with van der Waals surface area (Å²) in [5, 5.41) is 11.4. The lowest BCUT2D eigenvalue weighted by Crippen LogP contribution is -2.43. The molecule has 0 aromatic carbocycles. The average molecular weight is 294 g/mol. The number of likely N-dealkylation sites (tertiary alicyclic amines) is 1. The van der Waals surface area contributed by atoms with E-state index < -0.39 is 0 Å². The van der Waals surface area contributed by atoms with Crippen molar-refractivity contribution in [3.05, 3.63) is 11.9 Å². The lowest BCUT2D eigenvalue weighted by atomic mass is 10.2. The zero-order valence-corrected chi connectivity index (χ0v) is 11.5. The van der Waals surface area contributed by atoms with Crippen LogP contribution in [-0.2, 0) is 11.3 Å². The minimum Gasteiger partial charge on any atom is -0.337 e. The molecule has 2 aliphatic rings. The summed E-state index contributed by atoms with van der Waals surface area (Å²) < 4.78 is 1.90. The smallest absolute Gasteiger partial charge is 0.222 e. The maximum atomic E-state index is 11.4. The van der Waals surface area contributed by atoms with E-state index >= 15 is 0 Å². The second-order valence-electron chi connectivity index (χ2n) is 4.42. The minimum absolute atomic E-state index is 0. The van der Waals surface area contributed by atoms with Gasteiger partial charge in [0.05, 0.1) is 18.8 Å². The summed E-state index contributed by atoms with van der Waals surface area (Å²) in [4.78, 5) is 13.3. The van der Waals surface area contributed by atoms with Gasteiger partial charge in [0.2, 0.25) is 5.91 Å². The van der Waals surface area contributed by atoms with Crippen molar-refractivity contribution in [2.24, 2.45) is 0 Å². The zero-order chi connectivity index (χ0) is 11.0. The molecule has 1 amide bonds. The van der Waals surface area contributed by atoms with Gasteiger partial charge in [-0.25, -0.2) is 4.68 Å². The van der Waals surface area contributed by atoms with Crippen molar-refractivity contribution < 1.29 is 4.79 Å². The van der Waals surface area contributed by atoms with Gasteiger partial charge in [0.1, 0.15) is 5.69 Å². The SMILES string of the molecule is Cl.Cl.O=C1CCCN1Cc1cn(C2CNC2)nn1. The highest BCUT2D eigenvalue weighted by Gasteiger charge is 2.23. The van der Waals surface area contributed by atoms with E-state index in [-0.39, 0.29) is 30.7 Å². The van der Waals surface area contributed by atoms with Gasteiger partial charge >= 0.3 is 0 Å². The number of nitrogens with zero attached hydrogens (tertiary/aromatic N) is 4. The van der Waals surface area contributed by atoms with Gasteiger partial charge in [-0.05, 0) is 6.42 Å². The van der Waals surface area contributed by atoms with E-state index in [4.69, 9.17) is 0 Å². The Bertz CT molecular complexity index is 407. The van der Waals surface area contributed by atoms with Gasteiger partial charge in [0.25, 0.3) is 0 Å². The molecule has 102 valence electrons. The zero-order valence-electron chi connectivity index (χ0n) is 9.91. The average Bonchev–Trinajstić information content (AvgIpc) is 2.76. The van der Waals surface area contributed by atoms with Gasteiger partial charge in [0.15, 0.2) is 0 Å². The third kappa shape index (κ3) is 2.93. The van der Waals surface area contributed by atoms with Crippen LogP contribution in [0.4, 0.5) is 0 Å². The molecule has 0 unspecified atom stereocenters. The Kier molecular flexibility index (Phi) is 5.37. The van der Waals surface area contributed by atoms with Gasteiger partial charge in [-0.3, -0.25) is 4.79 Å². The predicted molar refractivity (Wildman–Crippen MR) is 71.1 cm³/mol. The van der Waals surface area contributed by atoms with Crippen molar-refractivity contribution in [1.82, 2.24) is 25.2 Å². The minimum atomic E-state index is 0. The largest absolute Gasteiger partial charge is 0.337 e. The molecule has 0 bridgehead atoms. The molecule has 6 nitrogen and oxygen atoms in total. The fraction of sp³-hybridized carbons (Fsp3) is 0.700. The summed E-state index contributed by atoms with van der Waals surface area (Å²) in [5.41, 5.74) is 0.891. The summed E-state index contributed by atoms with van der Waals surface area (Å²) in [6, 6.07) is 0.440. The predicted octanol–water partition coefficient (Wildman–Crippen LogP) is 0.388. The molecule has 2 aliphatic heterocycles. The van der Waals surface area contributed by atoms with Crippen LogP contribution in [0.1, 0.15) is 24.6 Å². The molecule has 0 spiro atoms. The lowest BCUT2D eigenvalue weighted by Gasteiger charge is -2.26. The van der Waals surface area contributed by atoms with E-state index in [1.54, 1.807) is 0 Å². The normalized spacial score (nSPS) is 19.1. The van der Waals surface area contributed by atoms with Crippen LogP contribution < -0.4 is 5.32 Å². The van der Waals surface area contributed by atoms with Crippen LogP contribution in [0.2, 0.25) is 0 Å².